The predicted molar refractivity (Wildman–Crippen MR) is 88.4 cm³/mol. The van der Waals surface area contributed by atoms with Crippen molar-refractivity contribution in [2.45, 2.75) is 13.8 Å². The van der Waals surface area contributed by atoms with E-state index in [1.165, 1.54) is 16.7 Å². The molecule has 0 fully saturated rings. The molecule has 0 amide bonds. The fourth-order valence-electron chi connectivity index (χ4n) is 2.36. The Morgan fingerprint density at radius 3 is 2.48 bits per heavy atom. The van der Waals surface area contributed by atoms with Crippen molar-refractivity contribution in [2.75, 3.05) is 0 Å². The van der Waals surface area contributed by atoms with Crippen LogP contribution in [0, 0.1) is 13.8 Å². The molecule has 0 spiro atoms. The van der Waals surface area contributed by atoms with E-state index in [1.807, 2.05) is 16.9 Å². The lowest BCUT2D eigenvalue weighted by Crippen LogP contribution is -1.97. The van der Waals surface area contributed by atoms with Gasteiger partial charge in [0.05, 0.1) is 5.69 Å². The molecule has 0 N–H and O–H groups in total. The van der Waals surface area contributed by atoms with Gasteiger partial charge in [-0.3, -0.25) is 0 Å². The maximum absolute atomic E-state index is 4.34. The number of benzene rings is 2. The molecule has 0 aliphatic carbocycles. The fourth-order valence-corrected chi connectivity index (χ4v) is 2.36. The smallest absolute Gasteiger partial charge is 0.0720 e. The number of aromatic nitrogens is 2. The largest absolute Gasteiger partial charge is 0.240 e. The summed E-state index contributed by atoms with van der Waals surface area (Å²) < 4.78 is 1.91. The zero-order valence-corrected chi connectivity index (χ0v) is 12.3. The Labute approximate surface area is 125 Å². The van der Waals surface area contributed by atoms with Gasteiger partial charge in [-0.15, -0.1) is 0 Å². The topological polar surface area (TPSA) is 17.8 Å². The molecule has 104 valence electrons. The van der Waals surface area contributed by atoms with E-state index in [0.717, 1.165) is 11.3 Å². The highest BCUT2D eigenvalue weighted by Gasteiger charge is 2.03. The van der Waals surface area contributed by atoms with Gasteiger partial charge in [0, 0.05) is 18.0 Å². The average molecular weight is 274 g/mol. The second-order valence-corrected chi connectivity index (χ2v) is 5.20. The summed E-state index contributed by atoms with van der Waals surface area (Å²) in [5, 5.41) is 4.34. The van der Waals surface area contributed by atoms with Crippen LogP contribution in [-0.2, 0) is 0 Å². The van der Waals surface area contributed by atoms with Gasteiger partial charge in [-0.1, -0.05) is 48.6 Å². The molecular weight excluding hydrogens is 256 g/mol. The van der Waals surface area contributed by atoms with Crippen molar-refractivity contribution in [3.05, 3.63) is 83.2 Å². The van der Waals surface area contributed by atoms with Crippen molar-refractivity contribution in [1.29, 1.82) is 0 Å². The van der Waals surface area contributed by atoms with Gasteiger partial charge in [-0.05, 0) is 42.7 Å². The summed E-state index contributed by atoms with van der Waals surface area (Å²) >= 11 is 0. The first kappa shape index (κ1) is 13.4. The predicted octanol–water partition coefficient (Wildman–Crippen LogP) is 4.66. The highest BCUT2D eigenvalue weighted by molar-refractivity contribution is 5.75. The van der Waals surface area contributed by atoms with Crippen LogP contribution in [0.3, 0.4) is 0 Å². The molecule has 0 aliphatic heterocycles. The van der Waals surface area contributed by atoms with Crippen LogP contribution in [0.4, 0.5) is 0 Å². The maximum Gasteiger partial charge on any atom is 0.0720 e. The van der Waals surface area contributed by atoms with Crippen molar-refractivity contribution < 1.29 is 0 Å². The minimum atomic E-state index is 1.10. The summed E-state index contributed by atoms with van der Waals surface area (Å²) in [6, 6.07) is 16.8. The van der Waals surface area contributed by atoms with Gasteiger partial charge in [0.1, 0.15) is 0 Å². The van der Waals surface area contributed by atoms with Crippen LogP contribution < -0.4 is 0 Å². The number of aryl methyl sites for hydroxylation is 2. The summed E-state index contributed by atoms with van der Waals surface area (Å²) in [6.45, 7) is 4.23. The van der Waals surface area contributed by atoms with Gasteiger partial charge in [-0.25, -0.2) is 4.68 Å². The summed E-state index contributed by atoms with van der Waals surface area (Å²) in [5.74, 6) is 0. The molecule has 0 bridgehead atoms. The summed E-state index contributed by atoms with van der Waals surface area (Å²) in [4.78, 5) is 0. The minimum Gasteiger partial charge on any atom is -0.240 e. The first-order chi connectivity index (χ1) is 10.2. The van der Waals surface area contributed by atoms with Crippen LogP contribution in [-0.4, -0.2) is 9.78 Å². The van der Waals surface area contributed by atoms with Crippen LogP contribution >= 0.6 is 0 Å². The fraction of sp³-hybridized carbons (Fsp3) is 0.105. The zero-order chi connectivity index (χ0) is 14.7. The molecule has 1 aromatic heterocycles. The van der Waals surface area contributed by atoms with Crippen LogP contribution in [0.5, 0.6) is 0 Å². The molecule has 2 nitrogen and oxygen atoms in total. The molecule has 0 atom stereocenters. The molecule has 0 saturated heterocycles. The molecule has 1 heterocycles. The monoisotopic (exact) mass is 274 g/mol. The SMILES string of the molecule is Cc1ccc(/C=C/c2ccccc2C)c(-n2cccn2)c1. The normalized spacial score (nSPS) is 11.1. The van der Waals surface area contributed by atoms with Gasteiger partial charge < -0.3 is 0 Å². The maximum atomic E-state index is 4.34. The van der Waals surface area contributed by atoms with Crippen LogP contribution in [0.15, 0.2) is 60.9 Å². The van der Waals surface area contributed by atoms with Crippen LogP contribution in [0.1, 0.15) is 22.3 Å². The third-order valence-corrected chi connectivity index (χ3v) is 3.57. The first-order valence-corrected chi connectivity index (χ1v) is 7.08. The Kier molecular flexibility index (Phi) is 3.69. The van der Waals surface area contributed by atoms with E-state index in [0.29, 0.717) is 0 Å². The zero-order valence-electron chi connectivity index (χ0n) is 12.3. The number of hydrogen-bond donors (Lipinski definition) is 0. The third-order valence-electron chi connectivity index (χ3n) is 3.57. The highest BCUT2D eigenvalue weighted by atomic mass is 15.3. The van der Waals surface area contributed by atoms with Crippen molar-refractivity contribution >= 4 is 12.2 Å². The third kappa shape index (κ3) is 2.95. The van der Waals surface area contributed by atoms with E-state index >= 15 is 0 Å². The minimum absolute atomic E-state index is 1.10. The highest BCUT2D eigenvalue weighted by Crippen LogP contribution is 2.19. The Hall–Kier alpha value is -2.61. The van der Waals surface area contributed by atoms with Gasteiger partial charge in [-0.2, -0.15) is 5.10 Å². The molecule has 0 saturated carbocycles. The molecule has 0 aliphatic rings. The van der Waals surface area contributed by atoms with Crippen LogP contribution in [0.25, 0.3) is 17.8 Å². The molecule has 0 radical (unpaired) electrons. The second-order valence-electron chi connectivity index (χ2n) is 5.20. The quantitative estimate of drug-likeness (QED) is 0.635. The average Bonchev–Trinajstić information content (AvgIpc) is 3.01. The second kappa shape index (κ2) is 5.80. The lowest BCUT2D eigenvalue weighted by Gasteiger charge is -2.08. The van der Waals surface area contributed by atoms with Crippen LogP contribution in [0.2, 0.25) is 0 Å². The molecular formula is C19H18N2. The number of nitrogens with zero attached hydrogens (tertiary/aromatic N) is 2. The van der Waals surface area contributed by atoms with Crippen molar-refractivity contribution in [1.82, 2.24) is 9.78 Å². The van der Waals surface area contributed by atoms with Gasteiger partial charge in [0.15, 0.2) is 0 Å². The van der Waals surface area contributed by atoms with E-state index in [-0.39, 0.29) is 0 Å². The van der Waals surface area contributed by atoms with E-state index in [4.69, 9.17) is 0 Å². The lowest BCUT2D eigenvalue weighted by molar-refractivity contribution is 0.877. The number of hydrogen-bond acceptors (Lipinski definition) is 1. The van der Waals surface area contributed by atoms with Crippen molar-refractivity contribution in [3.8, 4) is 5.69 Å². The Bertz CT molecular complexity index is 768. The number of rotatable bonds is 3. The van der Waals surface area contributed by atoms with E-state index in [9.17, 15) is 0 Å². The van der Waals surface area contributed by atoms with E-state index < -0.39 is 0 Å². The standard InChI is InChI=1S/C19H18N2/c1-15-8-9-18(19(14-15)21-13-5-12-20-21)11-10-17-7-4-3-6-16(17)2/h3-14H,1-2H3/b11-10+. The molecule has 21 heavy (non-hydrogen) atoms. The van der Waals surface area contributed by atoms with Crippen molar-refractivity contribution in [3.63, 3.8) is 0 Å². The van der Waals surface area contributed by atoms with Gasteiger partial charge in [0.25, 0.3) is 0 Å². The molecule has 3 rings (SSSR count). The Balaban J connectivity index is 2.02. The van der Waals surface area contributed by atoms with E-state index in [1.54, 1.807) is 6.20 Å². The van der Waals surface area contributed by atoms with Crippen molar-refractivity contribution in [2.24, 2.45) is 0 Å². The first-order valence-electron chi connectivity index (χ1n) is 7.08. The summed E-state index contributed by atoms with van der Waals surface area (Å²) in [5.41, 5.74) is 6.01. The van der Waals surface area contributed by atoms with Gasteiger partial charge >= 0.3 is 0 Å². The van der Waals surface area contributed by atoms with Gasteiger partial charge in [0.2, 0.25) is 0 Å². The summed E-state index contributed by atoms with van der Waals surface area (Å²) in [7, 11) is 0. The Morgan fingerprint density at radius 2 is 1.71 bits per heavy atom. The molecule has 3 aromatic rings. The molecule has 0 unspecified atom stereocenters. The lowest BCUT2D eigenvalue weighted by atomic mass is 10.1. The Morgan fingerprint density at radius 1 is 0.905 bits per heavy atom. The van der Waals surface area contributed by atoms with E-state index in [2.05, 4.69) is 73.6 Å². The molecule has 2 heteroatoms. The summed E-state index contributed by atoms with van der Waals surface area (Å²) in [6.07, 6.45) is 8.09. The molecule has 2 aromatic carbocycles.